The Bertz CT molecular complexity index is 1000. The average Bonchev–Trinajstić information content (AvgIpc) is 2.89. The van der Waals surface area contributed by atoms with Gasteiger partial charge in [-0.3, -0.25) is 4.79 Å². The van der Waals surface area contributed by atoms with Crippen LogP contribution in [0.15, 0.2) is 59.6 Å². The number of benzene rings is 2. The SMILES string of the molecule is CCN(CC)/C(=N/C#N)N[C@H]1CC[C@@](CNC(=O)c2ccccc2OC)(c2ccccc2)CC1. The van der Waals surface area contributed by atoms with Crippen LogP contribution >= 0.6 is 0 Å². The van der Waals surface area contributed by atoms with Gasteiger partial charge in [-0.25, -0.2) is 0 Å². The van der Waals surface area contributed by atoms with Crippen molar-refractivity contribution in [3.63, 3.8) is 0 Å². The Labute approximate surface area is 202 Å². The number of nitriles is 1. The van der Waals surface area contributed by atoms with E-state index in [9.17, 15) is 4.79 Å². The molecule has 2 aromatic rings. The third-order valence-electron chi connectivity index (χ3n) is 6.82. The third kappa shape index (κ3) is 5.88. The normalized spacial score (nSPS) is 20.2. The molecule has 2 N–H and O–H groups in total. The number of rotatable bonds is 8. The van der Waals surface area contributed by atoms with Crippen LogP contribution in [-0.2, 0) is 5.41 Å². The van der Waals surface area contributed by atoms with Crippen molar-refractivity contribution in [2.75, 3.05) is 26.7 Å². The molecule has 2 aromatic carbocycles. The highest BCUT2D eigenvalue weighted by atomic mass is 16.5. The van der Waals surface area contributed by atoms with Gasteiger partial charge in [0.15, 0.2) is 0 Å². The fourth-order valence-electron chi connectivity index (χ4n) is 4.80. The molecule has 0 unspecified atom stereocenters. The third-order valence-corrected chi connectivity index (χ3v) is 6.82. The maximum atomic E-state index is 13.0. The highest BCUT2D eigenvalue weighted by Gasteiger charge is 2.37. The monoisotopic (exact) mass is 461 g/mol. The van der Waals surface area contributed by atoms with Gasteiger partial charge in [-0.15, -0.1) is 4.99 Å². The quantitative estimate of drug-likeness (QED) is 0.351. The van der Waals surface area contributed by atoms with Crippen LogP contribution in [0, 0.1) is 11.5 Å². The molecule has 0 bridgehead atoms. The Kier molecular flexibility index (Phi) is 8.92. The van der Waals surface area contributed by atoms with Crippen LogP contribution in [0.25, 0.3) is 0 Å². The summed E-state index contributed by atoms with van der Waals surface area (Å²) in [6, 6.07) is 18.0. The molecular formula is C27H35N5O2. The predicted octanol–water partition coefficient (Wildman–Crippen LogP) is 4.07. The molecule has 0 aliphatic heterocycles. The highest BCUT2D eigenvalue weighted by molar-refractivity contribution is 5.97. The minimum Gasteiger partial charge on any atom is -0.496 e. The molecular weight excluding hydrogens is 426 g/mol. The Morgan fingerprint density at radius 1 is 1.12 bits per heavy atom. The molecule has 0 heterocycles. The molecule has 0 spiro atoms. The average molecular weight is 462 g/mol. The van der Waals surface area contributed by atoms with Crippen molar-refractivity contribution < 1.29 is 9.53 Å². The second-order valence-electron chi connectivity index (χ2n) is 8.66. The second kappa shape index (κ2) is 12.1. The standard InChI is InChI=1S/C27H35N5O2/c1-4-32(5-2)26(30-20-28)31-22-15-17-27(18-16-22,21-11-7-6-8-12-21)19-29-25(33)23-13-9-10-14-24(23)34-3/h6-14,22H,4-5,15-19H2,1-3H3,(H,29,33)(H,30,31)/t22-,27+. The summed E-state index contributed by atoms with van der Waals surface area (Å²) in [5, 5.41) is 15.8. The van der Waals surface area contributed by atoms with Crippen LogP contribution < -0.4 is 15.4 Å². The molecule has 7 nitrogen and oxygen atoms in total. The topological polar surface area (TPSA) is 89.8 Å². The Hall–Kier alpha value is -3.53. The Morgan fingerprint density at radius 3 is 2.38 bits per heavy atom. The molecule has 34 heavy (non-hydrogen) atoms. The zero-order chi connectivity index (χ0) is 24.4. The number of hydrogen-bond donors (Lipinski definition) is 2. The zero-order valence-electron chi connectivity index (χ0n) is 20.4. The van der Waals surface area contributed by atoms with Crippen LogP contribution in [-0.4, -0.2) is 49.6 Å². The molecule has 3 rings (SSSR count). The first-order valence-corrected chi connectivity index (χ1v) is 12.0. The van der Waals surface area contributed by atoms with E-state index < -0.39 is 0 Å². The van der Waals surface area contributed by atoms with E-state index in [2.05, 4.69) is 58.6 Å². The van der Waals surface area contributed by atoms with Gasteiger partial charge in [-0.05, 0) is 57.2 Å². The van der Waals surface area contributed by atoms with Crippen LogP contribution in [0.2, 0.25) is 0 Å². The number of guanidine groups is 1. The smallest absolute Gasteiger partial charge is 0.255 e. The molecule has 0 aromatic heterocycles. The van der Waals surface area contributed by atoms with Crippen molar-refractivity contribution in [1.29, 1.82) is 5.26 Å². The fourth-order valence-corrected chi connectivity index (χ4v) is 4.80. The first-order valence-electron chi connectivity index (χ1n) is 12.0. The minimum absolute atomic E-state index is 0.127. The first-order chi connectivity index (χ1) is 16.6. The summed E-state index contributed by atoms with van der Waals surface area (Å²) in [6.45, 7) is 6.25. The number of ether oxygens (including phenoxy) is 1. The molecule has 0 saturated heterocycles. The summed E-state index contributed by atoms with van der Waals surface area (Å²) >= 11 is 0. The molecule has 0 atom stereocenters. The molecule has 1 amide bonds. The van der Waals surface area contributed by atoms with Crippen molar-refractivity contribution in [3.8, 4) is 11.9 Å². The van der Waals surface area contributed by atoms with Crippen molar-refractivity contribution in [2.45, 2.75) is 51.0 Å². The predicted molar refractivity (Wildman–Crippen MR) is 135 cm³/mol. The highest BCUT2D eigenvalue weighted by Crippen LogP contribution is 2.39. The molecule has 0 radical (unpaired) electrons. The number of methoxy groups -OCH3 is 1. The maximum Gasteiger partial charge on any atom is 0.255 e. The number of hydrogen-bond acceptors (Lipinski definition) is 4. The van der Waals surface area contributed by atoms with Crippen molar-refractivity contribution in [2.24, 2.45) is 4.99 Å². The lowest BCUT2D eigenvalue weighted by Crippen LogP contribution is -2.50. The number of nitrogens with one attached hydrogen (secondary N) is 2. The molecule has 1 aliphatic carbocycles. The van der Waals surface area contributed by atoms with E-state index in [1.54, 1.807) is 19.2 Å². The van der Waals surface area contributed by atoms with Gasteiger partial charge in [0.05, 0.1) is 12.7 Å². The molecule has 1 saturated carbocycles. The maximum absolute atomic E-state index is 13.0. The lowest BCUT2D eigenvalue weighted by molar-refractivity contribution is 0.0932. The summed E-state index contributed by atoms with van der Waals surface area (Å²) in [6.07, 6.45) is 5.61. The van der Waals surface area contributed by atoms with Gasteiger partial charge in [0, 0.05) is 31.1 Å². The largest absolute Gasteiger partial charge is 0.496 e. The van der Waals surface area contributed by atoms with Crippen LogP contribution in [0.1, 0.15) is 55.5 Å². The van der Waals surface area contributed by atoms with Gasteiger partial charge in [0.2, 0.25) is 12.2 Å². The molecule has 7 heteroatoms. The van der Waals surface area contributed by atoms with Crippen LogP contribution in [0.5, 0.6) is 5.75 Å². The first kappa shape index (κ1) is 25.1. The van der Waals surface area contributed by atoms with E-state index >= 15 is 0 Å². The van der Waals surface area contributed by atoms with Crippen molar-refractivity contribution >= 4 is 11.9 Å². The fraction of sp³-hybridized carbons (Fsp3) is 0.444. The van der Waals surface area contributed by atoms with Gasteiger partial charge in [0.1, 0.15) is 5.75 Å². The van der Waals surface area contributed by atoms with E-state index in [4.69, 9.17) is 10.00 Å². The lowest BCUT2D eigenvalue weighted by Gasteiger charge is -2.42. The Morgan fingerprint density at radius 2 is 1.76 bits per heavy atom. The van der Waals surface area contributed by atoms with E-state index in [0.29, 0.717) is 23.8 Å². The number of carbonyl (C=O) groups is 1. The molecule has 1 fully saturated rings. The van der Waals surface area contributed by atoms with E-state index in [0.717, 1.165) is 38.8 Å². The van der Waals surface area contributed by atoms with Gasteiger partial charge >= 0.3 is 0 Å². The van der Waals surface area contributed by atoms with Gasteiger partial charge < -0.3 is 20.3 Å². The minimum atomic E-state index is -0.154. The lowest BCUT2D eigenvalue weighted by atomic mass is 9.68. The van der Waals surface area contributed by atoms with Gasteiger partial charge in [0.25, 0.3) is 5.91 Å². The number of amides is 1. The van der Waals surface area contributed by atoms with Crippen molar-refractivity contribution in [3.05, 3.63) is 65.7 Å². The van der Waals surface area contributed by atoms with Gasteiger partial charge in [-0.1, -0.05) is 42.5 Å². The van der Waals surface area contributed by atoms with E-state index in [-0.39, 0.29) is 17.4 Å². The number of nitrogens with zero attached hydrogens (tertiary/aromatic N) is 3. The van der Waals surface area contributed by atoms with E-state index in [1.807, 2.05) is 24.4 Å². The number of para-hydroxylation sites is 1. The van der Waals surface area contributed by atoms with Crippen LogP contribution in [0.3, 0.4) is 0 Å². The second-order valence-corrected chi connectivity index (χ2v) is 8.66. The summed E-state index contributed by atoms with van der Waals surface area (Å²) in [7, 11) is 1.58. The summed E-state index contributed by atoms with van der Waals surface area (Å²) in [5.41, 5.74) is 1.63. The van der Waals surface area contributed by atoms with E-state index in [1.165, 1.54) is 5.56 Å². The number of carbonyl (C=O) groups excluding carboxylic acids is 1. The Balaban J connectivity index is 1.74. The molecule has 1 aliphatic rings. The van der Waals surface area contributed by atoms with Crippen LogP contribution in [0.4, 0.5) is 0 Å². The van der Waals surface area contributed by atoms with Gasteiger partial charge in [-0.2, -0.15) is 5.26 Å². The number of aliphatic imine (C=N–C) groups is 1. The zero-order valence-corrected chi connectivity index (χ0v) is 20.4. The summed E-state index contributed by atoms with van der Waals surface area (Å²) < 4.78 is 5.37. The molecule has 180 valence electrons. The summed E-state index contributed by atoms with van der Waals surface area (Å²) in [4.78, 5) is 19.1. The van der Waals surface area contributed by atoms with Crippen molar-refractivity contribution in [1.82, 2.24) is 15.5 Å². The summed E-state index contributed by atoms with van der Waals surface area (Å²) in [5.74, 6) is 1.09.